The van der Waals surface area contributed by atoms with Gasteiger partial charge in [-0.15, -0.1) is 0 Å². The van der Waals surface area contributed by atoms with E-state index >= 15 is 0 Å². The standard InChI is InChI=1S/C14H23N3O4S/c18-13(14(19)16-11-1-2-11)15-9-10-5-7-17(8-6-10)22(20,21)12-3-4-12/h10-12H,1-9H2,(H,15,18)(H,16,19). The van der Waals surface area contributed by atoms with Crippen LogP contribution in [0.15, 0.2) is 0 Å². The fourth-order valence-corrected chi connectivity index (χ4v) is 4.61. The van der Waals surface area contributed by atoms with Crippen molar-refractivity contribution in [3.05, 3.63) is 0 Å². The summed E-state index contributed by atoms with van der Waals surface area (Å²) in [4.78, 5) is 23.2. The van der Waals surface area contributed by atoms with Crippen LogP contribution in [0.3, 0.4) is 0 Å². The average Bonchev–Trinajstić information content (AvgIpc) is 3.37. The Bertz CT molecular complexity index is 546. The molecule has 7 nitrogen and oxygen atoms in total. The van der Waals surface area contributed by atoms with Gasteiger partial charge >= 0.3 is 11.8 Å². The zero-order valence-corrected chi connectivity index (χ0v) is 13.4. The third kappa shape index (κ3) is 3.78. The first-order valence-electron chi connectivity index (χ1n) is 8.04. The van der Waals surface area contributed by atoms with Crippen molar-refractivity contribution in [2.24, 2.45) is 5.92 Å². The van der Waals surface area contributed by atoms with Gasteiger partial charge in [0, 0.05) is 25.7 Å². The molecular formula is C14H23N3O4S. The molecule has 3 fully saturated rings. The molecule has 0 aromatic carbocycles. The number of hydrogen-bond acceptors (Lipinski definition) is 4. The van der Waals surface area contributed by atoms with Gasteiger partial charge in [-0.2, -0.15) is 0 Å². The summed E-state index contributed by atoms with van der Waals surface area (Å²) in [5.41, 5.74) is 0. The maximum atomic E-state index is 12.1. The molecule has 0 aromatic rings. The van der Waals surface area contributed by atoms with Crippen LogP contribution in [-0.2, 0) is 19.6 Å². The van der Waals surface area contributed by atoms with Crippen LogP contribution < -0.4 is 10.6 Å². The van der Waals surface area contributed by atoms with E-state index in [2.05, 4.69) is 10.6 Å². The molecule has 1 saturated heterocycles. The van der Waals surface area contributed by atoms with Gasteiger partial charge in [0.2, 0.25) is 10.0 Å². The van der Waals surface area contributed by atoms with E-state index in [9.17, 15) is 18.0 Å². The first-order valence-corrected chi connectivity index (χ1v) is 9.55. The van der Waals surface area contributed by atoms with E-state index < -0.39 is 21.8 Å². The van der Waals surface area contributed by atoms with E-state index in [-0.39, 0.29) is 17.2 Å². The highest BCUT2D eigenvalue weighted by Gasteiger charge is 2.41. The summed E-state index contributed by atoms with van der Waals surface area (Å²) in [7, 11) is -3.08. The topological polar surface area (TPSA) is 95.6 Å². The number of nitrogens with one attached hydrogen (secondary N) is 2. The molecular weight excluding hydrogens is 306 g/mol. The number of carbonyl (C=O) groups is 2. The molecule has 0 radical (unpaired) electrons. The van der Waals surface area contributed by atoms with E-state index in [0.717, 1.165) is 38.5 Å². The largest absolute Gasteiger partial charge is 0.348 e. The summed E-state index contributed by atoms with van der Waals surface area (Å²) < 4.78 is 25.8. The van der Waals surface area contributed by atoms with Crippen molar-refractivity contribution in [1.82, 2.24) is 14.9 Å². The number of rotatable bonds is 5. The number of sulfonamides is 1. The molecule has 0 aromatic heterocycles. The molecule has 0 atom stereocenters. The van der Waals surface area contributed by atoms with E-state index in [1.54, 1.807) is 4.31 Å². The van der Waals surface area contributed by atoms with Crippen molar-refractivity contribution in [3.63, 3.8) is 0 Å². The van der Waals surface area contributed by atoms with Crippen molar-refractivity contribution in [3.8, 4) is 0 Å². The molecule has 2 amide bonds. The maximum absolute atomic E-state index is 12.1. The van der Waals surface area contributed by atoms with Crippen molar-refractivity contribution >= 4 is 21.8 Å². The number of nitrogens with zero attached hydrogens (tertiary/aromatic N) is 1. The third-order valence-electron chi connectivity index (χ3n) is 4.55. The summed E-state index contributed by atoms with van der Waals surface area (Å²) in [5.74, 6) is -0.903. The van der Waals surface area contributed by atoms with Crippen LogP contribution in [0.2, 0.25) is 0 Å². The lowest BCUT2D eigenvalue weighted by atomic mass is 9.98. The van der Waals surface area contributed by atoms with Crippen LogP contribution in [0.4, 0.5) is 0 Å². The Morgan fingerprint density at radius 2 is 1.59 bits per heavy atom. The zero-order valence-electron chi connectivity index (χ0n) is 12.6. The van der Waals surface area contributed by atoms with Crippen LogP contribution in [0.25, 0.3) is 0 Å². The second kappa shape index (κ2) is 6.16. The van der Waals surface area contributed by atoms with Gasteiger partial charge in [-0.3, -0.25) is 9.59 Å². The predicted octanol–water partition coefficient (Wildman–Crippen LogP) is -0.415. The van der Waals surface area contributed by atoms with E-state index in [1.807, 2.05) is 0 Å². The Balaban J connectivity index is 1.38. The number of piperidine rings is 1. The minimum absolute atomic E-state index is 0.158. The Morgan fingerprint density at radius 3 is 2.14 bits per heavy atom. The molecule has 3 aliphatic rings. The molecule has 22 heavy (non-hydrogen) atoms. The molecule has 0 spiro atoms. The van der Waals surface area contributed by atoms with Crippen molar-refractivity contribution in [1.29, 1.82) is 0 Å². The monoisotopic (exact) mass is 329 g/mol. The van der Waals surface area contributed by atoms with Gasteiger partial charge in [-0.05, 0) is 44.4 Å². The molecule has 1 aliphatic heterocycles. The molecule has 2 aliphatic carbocycles. The summed E-state index contributed by atoms with van der Waals surface area (Å²) in [5, 5.41) is 5.15. The van der Waals surface area contributed by atoms with Crippen LogP contribution in [-0.4, -0.2) is 55.5 Å². The van der Waals surface area contributed by atoms with Crippen LogP contribution in [0, 0.1) is 5.92 Å². The Labute approximate surface area is 130 Å². The van der Waals surface area contributed by atoms with Gasteiger partial charge in [0.25, 0.3) is 0 Å². The average molecular weight is 329 g/mol. The second-order valence-corrected chi connectivity index (χ2v) is 8.76. The van der Waals surface area contributed by atoms with E-state index in [0.29, 0.717) is 19.6 Å². The highest BCUT2D eigenvalue weighted by atomic mass is 32.2. The van der Waals surface area contributed by atoms with Crippen LogP contribution in [0.1, 0.15) is 38.5 Å². The lowest BCUT2D eigenvalue weighted by molar-refractivity contribution is -0.139. The predicted molar refractivity (Wildman–Crippen MR) is 80.4 cm³/mol. The van der Waals surface area contributed by atoms with Crippen molar-refractivity contribution in [2.75, 3.05) is 19.6 Å². The smallest absolute Gasteiger partial charge is 0.309 e. The first-order chi connectivity index (χ1) is 10.5. The summed E-state index contributed by atoms with van der Waals surface area (Å²) in [6.45, 7) is 1.48. The number of carbonyl (C=O) groups excluding carboxylic acids is 2. The summed E-state index contributed by atoms with van der Waals surface area (Å²) in [6, 6.07) is 0.175. The third-order valence-corrected chi connectivity index (χ3v) is 6.95. The molecule has 1 heterocycles. The Morgan fingerprint density at radius 1 is 0.955 bits per heavy atom. The maximum Gasteiger partial charge on any atom is 0.309 e. The minimum atomic E-state index is -3.08. The summed E-state index contributed by atoms with van der Waals surface area (Å²) >= 11 is 0. The SMILES string of the molecule is O=C(NCC1CCN(S(=O)(=O)C2CC2)CC1)C(=O)NC1CC1. The molecule has 2 saturated carbocycles. The summed E-state index contributed by atoms with van der Waals surface area (Å²) in [6.07, 6.45) is 4.94. The fourth-order valence-electron chi connectivity index (χ4n) is 2.74. The second-order valence-electron chi connectivity index (χ2n) is 6.54. The van der Waals surface area contributed by atoms with Crippen LogP contribution >= 0.6 is 0 Å². The van der Waals surface area contributed by atoms with Gasteiger partial charge in [-0.1, -0.05) is 0 Å². The highest BCUT2D eigenvalue weighted by molar-refractivity contribution is 7.90. The van der Waals surface area contributed by atoms with E-state index in [4.69, 9.17) is 0 Å². The van der Waals surface area contributed by atoms with E-state index in [1.165, 1.54) is 0 Å². The lowest BCUT2D eigenvalue weighted by Gasteiger charge is -2.31. The molecule has 124 valence electrons. The van der Waals surface area contributed by atoms with Gasteiger partial charge in [0.05, 0.1) is 5.25 Å². The zero-order chi connectivity index (χ0) is 15.7. The molecule has 3 rings (SSSR count). The quantitative estimate of drug-likeness (QED) is 0.670. The van der Waals surface area contributed by atoms with Gasteiger partial charge in [0.1, 0.15) is 0 Å². The molecule has 2 N–H and O–H groups in total. The highest BCUT2D eigenvalue weighted by Crippen LogP contribution is 2.33. The van der Waals surface area contributed by atoms with Crippen molar-refractivity contribution < 1.29 is 18.0 Å². The van der Waals surface area contributed by atoms with Crippen molar-refractivity contribution in [2.45, 2.75) is 49.8 Å². The fraction of sp³-hybridized carbons (Fsp3) is 0.857. The van der Waals surface area contributed by atoms with Gasteiger partial charge in [-0.25, -0.2) is 12.7 Å². The Hall–Kier alpha value is -1.15. The molecule has 8 heteroatoms. The van der Waals surface area contributed by atoms with Gasteiger partial charge in [0.15, 0.2) is 0 Å². The van der Waals surface area contributed by atoms with Crippen LogP contribution in [0.5, 0.6) is 0 Å². The molecule has 0 bridgehead atoms. The lowest BCUT2D eigenvalue weighted by Crippen LogP contribution is -2.45. The number of amides is 2. The minimum Gasteiger partial charge on any atom is -0.348 e. The first kappa shape index (κ1) is 15.7. The normalized spacial score (nSPS) is 24.0. The number of hydrogen-bond donors (Lipinski definition) is 2. The Kier molecular flexibility index (Phi) is 4.40. The molecule has 0 unspecified atom stereocenters. The van der Waals surface area contributed by atoms with Gasteiger partial charge < -0.3 is 10.6 Å².